The summed E-state index contributed by atoms with van der Waals surface area (Å²) in [7, 11) is 0. The minimum atomic E-state index is -0.121. The first-order chi connectivity index (χ1) is 10.2. The summed E-state index contributed by atoms with van der Waals surface area (Å²) >= 11 is 4.81. The monoisotopic (exact) mass is 362 g/mol. The van der Waals surface area contributed by atoms with Crippen molar-refractivity contribution < 1.29 is 4.79 Å². The Hall–Kier alpha value is -1.99. The number of nitrogens with one attached hydrogen (secondary N) is 1. The number of amides is 1. The first-order valence-electron chi connectivity index (χ1n) is 6.18. The Labute approximate surface area is 133 Å². The Balaban J connectivity index is 1.67. The largest absolute Gasteiger partial charge is 0.328 e. The molecule has 1 amide bonds. The van der Waals surface area contributed by atoms with Gasteiger partial charge in [0.05, 0.1) is 12.0 Å². The number of rotatable bonds is 4. The Morgan fingerprint density at radius 3 is 2.86 bits per heavy atom. The number of anilines is 1. The van der Waals surface area contributed by atoms with E-state index in [1.807, 2.05) is 29.6 Å². The van der Waals surface area contributed by atoms with Crippen LogP contribution in [0.15, 0.2) is 52.8 Å². The second-order valence-electron chi connectivity index (χ2n) is 4.33. The van der Waals surface area contributed by atoms with Crippen molar-refractivity contribution in [2.24, 2.45) is 0 Å². The Bertz CT molecular complexity index is 737. The highest BCUT2D eigenvalue weighted by atomic mass is 79.9. The molecule has 1 N–H and O–H groups in total. The van der Waals surface area contributed by atoms with E-state index in [-0.39, 0.29) is 12.5 Å². The number of hydrogen-bond acceptors (Lipinski definition) is 4. The maximum absolute atomic E-state index is 11.9. The van der Waals surface area contributed by atoms with E-state index in [0.29, 0.717) is 5.13 Å². The van der Waals surface area contributed by atoms with E-state index in [4.69, 9.17) is 0 Å². The smallest absolute Gasteiger partial charge is 0.246 e. The lowest BCUT2D eigenvalue weighted by Gasteiger charge is -2.02. The third-order valence-electron chi connectivity index (χ3n) is 2.78. The van der Waals surface area contributed by atoms with Crippen LogP contribution in [0, 0.1) is 0 Å². The molecular weight excluding hydrogens is 352 g/mol. The number of aromatic nitrogens is 3. The second-order valence-corrected chi connectivity index (χ2v) is 6.10. The highest BCUT2D eigenvalue weighted by Crippen LogP contribution is 2.26. The molecule has 3 aromatic rings. The summed E-state index contributed by atoms with van der Waals surface area (Å²) in [6.07, 6.45) is 4.99. The van der Waals surface area contributed by atoms with Gasteiger partial charge in [0.15, 0.2) is 5.13 Å². The molecule has 1 aromatic carbocycles. The fourth-order valence-corrected chi connectivity index (χ4v) is 2.79. The summed E-state index contributed by atoms with van der Waals surface area (Å²) in [6.45, 7) is 0.229. The van der Waals surface area contributed by atoms with Gasteiger partial charge in [0.2, 0.25) is 5.91 Å². The summed E-state index contributed by atoms with van der Waals surface area (Å²) in [5.41, 5.74) is 1.87. The molecular formula is C14H11BrN4OS. The summed E-state index contributed by atoms with van der Waals surface area (Å²) < 4.78 is 2.73. The van der Waals surface area contributed by atoms with Crippen LogP contribution in [0.25, 0.3) is 11.3 Å². The van der Waals surface area contributed by atoms with Crippen LogP contribution in [0.3, 0.4) is 0 Å². The molecule has 0 fully saturated rings. The number of carbonyl (C=O) groups excluding carboxylic acids is 1. The average Bonchev–Trinajstić information content (AvgIpc) is 3.11. The molecule has 0 radical (unpaired) electrons. The van der Waals surface area contributed by atoms with Crippen LogP contribution in [0.2, 0.25) is 0 Å². The highest BCUT2D eigenvalue weighted by Gasteiger charge is 2.08. The number of hydrogen-bond donors (Lipinski definition) is 1. The first kappa shape index (κ1) is 14.0. The molecule has 2 aromatic heterocycles. The SMILES string of the molecule is O=C(Cn1ccnc1)Nc1nc(-c2ccc(Br)cc2)cs1. The molecule has 0 saturated carbocycles. The summed E-state index contributed by atoms with van der Waals surface area (Å²) in [4.78, 5) is 20.2. The fraction of sp³-hybridized carbons (Fsp3) is 0.0714. The average molecular weight is 363 g/mol. The van der Waals surface area contributed by atoms with Gasteiger partial charge < -0.3 is 9.88 Å². The van der Waals surface area contributed by atoms with Crippen molar-refractivity contribution in [3.05, 3.63) is 52.8 Å². The van der Waals surface area contributed by atoms with Crippen molar-refractivity contribution in [3.8, 4) is 11.3 Å². The molecule has 106 valence electrons. The standard InChI is InChI=1S/C14H11BrN4OS/c15-11-3-1-10(2-4-11)12-8-21-14(17-12)18-13(20)7-19-6-5-16-9-19/h1-6,8-9H,7H2,(H,17,18,20). The van der Waals surface area contributed by atoms with Crippen LogP contribution in [0.5, 0.6) is 0 Å². The quantitative estimate of drug-likeness (QED) is 0.773. The van der Waals surface area contributed by atoms with Crippen LogP contribution >= 0.6 is 27.3 Å². The summed E-state index contributed by atoms with van der Waals surface area (Å²) in [6, 6.07) is 7.89. The molecule has 7 heteroatoms. The van der Waals surface area contributed by atoms with E-state index in [2.05, 4.69) is 31.2 Å². The van der Waals surface area contributed by atoms with Gasteiger partial charge in [-0.1, -0.05) is 28.1 Å². The van der Waals surface area contributed by atoms with Crippen molar-refractivity contribution in [2.45, 2.75) is 6.54 Å². The molecule has 21 heavy (non-hydrogen) atoms. The predicted molar refractivity (Wildman–Crippen MR) is 86.1 cm³/mol. The Morgan fingerprint density at radius 2 is 2.14 bits per heavy atom. The van der Waals surface area contributed by atoms with Crippen LogP contribution in [-0.2, 0) is 11.3 Å². The maximum Gasteiger partial charge on any atom is 0.246 e. The molecule has 0 unspecified atom stereocenters. The topological polar surface area (TPSA) is 59.8 Å². The first-order valence-corrected chi connectivity index (χ1v) is 7.85. The minimum absolute atomic E-state index is 0.121. The molecule has 0 aliphatic rings. The molecule has 0 saturated heterocycles. The maximum atomic E-state index is 11.9. The lowest BCUT2D eigenvalue weighted by molar-refractivity contribution is -0.116. The van der Waals surface area contributed by atoms with Crippen LogP contribution in [-0.4, -0.2) is 20.4 Å². The van der Waals surface area contributed by atoms with E-state index >= 15 is 0 Å². The van der Waals surface area contributed by atoms with E-state index in [0.717, 1.165) is 15.7 Å². The number of thiazole rings is 1. The Kier molecular flexibility index (Phi) is 4.12. The van der Waals surface area contributed by atoms with Gasteiger partial charge in [0.25, 0.3) is 0 Å². The number of carbonyl (C=O) groups is 1. The van der Waals surface area contributed by atoms with Gasteiger partial charge in [0, 0.05) is 27.8 Å². The number of benzene rings is 1. The molecule has 0 atom stereocenters. The third-order valence-corrected chi connectivity index (χ3v) is 4.06. The molecule has 0 aliphatic carbocycles. The van der Waals surface area contributed by atoms with E-state index in [9.17, 15) is 4.79 Å². The molecule has 0 aliphatic heterocycles. The van der Waals surface area contributed by atoms with Crippen molar-refractivity contribution in [3.63, 3.8) is 0 Å². The normalized spacial score (nSPS) is 10.5. The minimum Gasteiger partial charge on any atom is -0.328 e. The second kappa shape index (κ2) is 6.19. The fourth-order valence-electron chi connectivity index (χ4n) is 1.79. The third kappa shape index (κ3) is 3.56. The zero-order valence-corrected chi connectivity index (χ0v) is 13.3. The number of imidazole rings is 1. The van der Waals surface area contributed by atoms with E-state index < -0.39 is 0 Å². The van der Waals surface area contributed by atoms with Crippen LogP contribution in [0.1, 0.15) is 0 Å². The van der Waals surface area contributed by atoms with Gasteiger partial charge in [-0.15, -0.1) is 11.3 Å². The van der Waals surface area contributed by atoms with E-state index in [1.54, 1.807) is 23.3 Å². The lowest BCUT2D eigenvalue weighted by Crippen LogP contribution is -2.17. The van der Waals surface area contributed by atoms with Crippen molar-refractivity contribution in [1.82, 2.24) is 14.5 Å². The van der Waals surface area contributed by atoms with Crippen LogP contribution in [0.4, 0.5) is 5.13 Å². The van der Waals surface area contributed by atoms with E-state index in [1.165, 1.54) is 11.3 Å². The summed E-state index contributed by atoms with van der Waals surface area (Å²) in [5, 5.41) is 5.31. The van der Waals surface area contributed by atoms with Crippen LogP contribution < -0.4 is 5.32 Å². The van der Waals surface area contributed by atoms with Gasteiger partial charge in [0.1, 0.15) is 6.54 Å². The molecule has 0 bridgehead atoms. The molecule has 0 spiro atoms. The Morgan fingerprint density at radius 1 is 1.33 bits per heavy atom. The lowest BCUT2D eigenvalue weighted by atomic mass is 10.2. The van der Waals surface area contributed by atoms with Gasteiger partial charge in [-0.2, -0.15) is 0 Å². The zero-order chi connectivity index (χ0) is 14.7. The number of nitrogens with zero attached hydrogens (tertiary/aromatic N) is 3. The summed E-state index contributed by atoms with van der Waals surface area (Å²) in [5.74, 6) is -0.121. The van der Waals surface area contributed by atoms with Gasteiger partial charge >= 0.3 is 0 Å². The van der Waals surface area contributed by atoms with Gasteiger partial charge in [-0.25, -0.2) is 9.97 Å². The van der Waals surface area contributed by atoms with Gasteiger partial charge in [-0.05, 0) is 12.1 Å². The predicted octanol–water partition coefficient (Wildman–Crippen LogP) is 3.41. The number of halogens is 1. The van der Waals surface area contributed by atoms with Crippen molar-refractivity contribution in [2.75, 3.05) is 5.32 Å². The highest BCUT2D eigenvalue weighted by molar-refractivity contribution is 9.10. The molecule has 3 rings (SSSR count). The van der Waals surface area contributed by atoms with Crippen molar-refractivity contribution in [1.29, 1.82) is 0 Å². The molecule has 2 heterocycles. The van der Waals surface area contributed by atoms with Crippen molar-refractivity contribution >= 4 is 38.3 Å². The zero-order valence-electron chi connectivity index (χ0n) is 10.9. The van der Waals surface area contributed by atoms with Gasteiger partial charge in [-0.3, -0.25) is 4.79 Å². The molecule has 5 nitrogen and oxygen atoms in total.